The Bertz CT molecular complexity index is 192. The number of rotatable bonds is 5. The summed E-state index contributed by atoms with van der Waals surface area (Å²) < 4.78 is 43.2. The van der Waals surface area contributed by atoms with Gasteiger partial charge in [0, 0.05) is 6.42 Å². The number of alkyl halides is 3. The van der Waals surface area contributed by atoms with E-state index in [2.05, 4.69) is 0 Å². The first kappa shape index (κ1) is 15.0. The highest BCUT2D eigenvalue weighted by atomic mass is 28.4. The Kier molecular flexibility index (Phi) is 5.33. The van der Waals surface area contributed by atoms with Crippen LogP contribution >= 0.6 is 0 Å². The number of halogens is 3. The molecule has 0 aromatic carbocycles. The first-order chi connectivity index (χ1) is 6.62. The molecule has 0 aliphatic carbocycles. The summed E-state index contributed by atoms with van der Waals surface area (Å²) in [5.74, 6) is 0. The maximum Gasteiger partial charge on any atom is 0.221 e. The molecule has 0 radical (unpaired) electrons. The van der Waals surface area contributed by atoms with Crippen LogP contribution in [0.15, 0.2) is 0 Å². The fraction of sp³-hybridized carbons (Fsp3) is 1.00. The van der Waals surface area contributed by atoms with Crippen LogP contribution in [-0.4, -0.2) is 27.5 Å². The zero-order valence-corrected chi connectivity index (χ0v) is 11.1. The highest BCUT2D eigenvalue weighted by molar-refractivity contribution is 6.74. The molecule has 0 N–H and O–H groups in total. The van der Waals surface area contributed by atoms with Gasteiger partial charge >= 0.3 is 0 Å². The predicted molar refractivity (Wildman–Crippen MR) is 58.7 cm³/mol. The summed E-state index contributed by atoms with van der Waals surface area (Å²) >= 11 is 0. The monoisotopic (exact) mass is 242 g/mol. The van der Waals surface area contributed by atoms with Gasteiger partial charge in [0.1, 0.15) is 0 Å². The molecule has 0 heterocycles. The van der Waals surface area contributed by atoms with Crippen molar-refractivity contribution in [3.63, 3.8) is 0 Å². The van der Waals surface area contributed by atoms with E-state index in [0.717, 1.165) is 0 Å². The molecule has 15 heavy (non-hydrogen) atoms. The molecule has 0 amide bonds. The van der Waals surface area contributed by atoms with E-state index in [9.17, 15) is 13.2 Å². The summed E-state index contributed by atoms with van der Waals surface area (Å²) in [7, 11) is -2.30. The van der Waals surface area contributed by atoms with Gasteiger partial charge in [-0.2, -0.15) is 0 Å². The minimum Gasteiger partial charge on any atom is -0.386 e. The first-order valence-corrected chi connectivity index (χ1v) is 8.04. The van der Waals surface area contributed by atoms with Crippen LogP contribution in [0.3, 0.4) is 0 Å². The Morgan fingerprint density at radius 3 is 2.00 bits per heavy atom. The van der Waals surface area contributed by atoms with Crippen LogP contribution in [0.2, 0.25) is 18.1 Å². The molecule has 0 fully saturated rings. The molecule has 2 unspecified atom stereocenters. The molecule has 0 spiro atoms. The van der Waals surface area contributed by atoms with Crippen LogP contribution in [0.1, 0.15) is 27.2 Å². The van der Waals surface area contributed by atoms with Gasteiger partial charge in [-0.1, -0.05) is 20.8 Å². The van der Waals surface area contributed by atoms with E-state index >= 15 is 0 Å². The van der Waals surface area contributed by atoms with Crippen molar-refractivity contribution >= 4 is 8.32 Å². The molecule has 5 heteroatoms. The topological polar surface area (TPSA) is 9.23 Å². The van der Waals surface area contributed by atoms with E-state index in [1.54, 1.807) is 0 Å². The van der Waals surface area contributed by atoms with E-state index in [1.165, 1.54) is 0 Å². The van der Waals surface area contributed by atoms with Gasteiger partial charge in [-0.05, 0) is 18.1 Å². The zero-order chi connectivity index (χ0) is 12.3. The lowest BCUT2D eigenvalue weighted by Gasteiger charge is -2.37. The molecular formula is C10H21F3OSi. The van der Waals surface area contributed by atoms with Crippen LogP contribution in [-0.2, 0) is 4.43 Å². The maximum atomic E-state index is 13.3. The number of hydrogen-bond acceptors (Lipinski definition) is 1. The van der Waals surface area contributed by atoms with Crippen LogP contribution in [0.25, 0.3) is 0 Å². The van der Waals surface area contributed by atoms with Crippen LogP contribution in [0, 0.1) is 0 Å². The van der Waals surface area contributed by atoms with Gasteiger partial charge in [-0.3, -0.25) is 4.39 Å². The van der Waals surface area contributed by atoms with E-state index < -0.39 is 33.9 Å². The summed E-state index contributed by atoms with van der Waals surface area (Å²) in [4.78, 5) is 0. The van der Waals surface area contributed by atoms with Gasteiger partial charge in [0.25, 0.3) is 0 Å². The molecule has 0 aliphatic heterocycles. The molecule has 92 valence electrons. The van der Waals surface area contributed by atoms with Crippen molar-refractivity contribution in [3.05, 3.63) is 0 Å². The van der Waals surface area contributed by atoms with Gasteiger partial charge in [0.05, 0.1) is 6.67 Å². The molecule has 0 bridgehead atoms. The number of hydrogen-bond donors (Lipinski definition) is 0. The molecular weight excluding hydrogens is 221 g/mol. The zero-order valence-electron chi connectivity index (χ0n) is 10.1. The van der Waals surface area contributed by atoms with E-state index in [1.807, 2.05) is 33.9 Å². The molecule has 2 atom stereocenters. The molecule has 1 nitrogen and oxygen atoms in total. The minimum atomic E-state index is -2.30. The third-order valence-electron chi connectivity index (χ3n) is 2.88. The summed E-state index contributed by atoms with van der Waals surface area (Å²) in [6.45, 7) is 8.63. The normalized spacial score (nSPS) is 17.6. The summed E-state index contributed by atoms with van der Waals surface area (Å²) in [6, 6.07) is 0. The minimum absolute atomic E-state index is 0.174. The maximum absolute atomic E-state index is 13.3. The van der Waals surface area contributed by atoms with Gasteiger partial charge in [-0.25, -0.2) is 8.78 Å². The van der Waals surface area contributed by atoms with Gasteiger partial charge in [0.2, 0.25) is 6.36 Å². The molecule has 0 rings (SSSR count). The first-order valence-electron chi connectivity index (χ1n) is 5.14. The Balaban J connectivity index is 4.33. The van der Waals surface area contributed by atoms with Crippen molar-refractivity contribution in [3.8, 4) is 0 Å². The Morgan fingerprint density at radius 2 is 1.67 bits per heavy atom. The lowest BCUT2D eigenvalue weighted by atomic mass is 10.2. The van der Waals surface area contributed by atoms with Gasteiger partial charge < -0.3 is 4.43 Å². The Hall–Kier alpha value is -0.0331. The Labute approximate surface area is 91.1 Å². The lowest BCUT2D eigenvalue weighted by molar-refractivity contribution is -0.0213. The lowest BCUT2D eigenvalue weighted by Crippen LogP contribution is -2.45. The highest BCUT2D eigenvalue weighted by Gasteiger charge is 2.41. The van der Waals surface area contributed by atoms with Crippen molar-refractivity contribution in [1.82, 2.24) is 0 Å². The van der Waals surface area contributed by atoms with Gasteiger partial charge in [0.15, 0.2) is 14.5 Å². The van der Waals surface area contributed by atoms with Crippen LogP contribution in [0.5, 0.6) is 0 Å². The molecule has 0 aliphatic rings. The van der Waals surface area contributed by atoms with Crippen molar-refractivity contribution in [2.24, 2.45) is 0 Å². The standard InChI is InChI=1S/C10H21F3OSi/c1-10(2,3)15(4,5)14-9(13)8(12)6-7-11/h8-9H,6-7H2,1-5H3. The summed E-state index contributed by atoms with van der Waals surface area (Å²) in [6.07, 6.45) is -4.29. The van der Waals surface area contributed by atoms with E-state index in [0.29, 0.717) is 0 Å². The van der Waals surface area contributed by atoms with E-state index in [-0.39, 0.29) is 5.04 Å². The third-order valence-corrected chi connectivity index (χ3v) is 7.31. The third kappa shape index (κ3) is 4.55. The second-order valence-electron chi connectivity index (χ2n) is 5.22. The van der Waals surface area contributed by atoms with Crippen molar-refractivity contribution in [1.29, 1.82) is 0 Å². The van der Waals surface area contributed by atoms with Crippen molar-refractivity contribution in [2.45, 2.75) is 57.9 Å². The van der Waals surface area contributed by atoms with Crippen LogP contribution < -0.4 is 0 Å². The SMILES string of the molecule is CC(C)(C)[Si](C)(C)OC(F)C(F)CCF. The smallest absolute Gasteiger partial charge is 0.221 e. The average molecular weight is 242 g/mol. The second kappa shape index (κ2) is 5.34. The highest BCUT2D eigenvalue weighted by Crippen LogP contribution is 2.38. The Morgan fingerprint density at radius 1 is 1.20 bits per heavy atom. The average Bonchev–Trinajstić information content (AvgIpc) is 2.01. The second-order valence-corrected chi connectivity index (χ2v) is 9.98. The van der Waals surface area contributed by atoms with Crippen molar-refractivity contribution in [2.75, 3.05) is 6.67 Å². The fourth-order valence-electron chi connectivity index (χ4n) is 0.767. The summed E-state index contributed by atoms with van der Waals surface area (Å²) in [5, 5.41) is -0.174. The largest absolute Gasteiger partial charge is 0.386 e. The summed E-state index contributed by atoms with van der Waals surface area (Å²) in [5.41, 5.74) is 0. The van der Waals surface area contributed by atoms with E-state index in [4.69, 9.17) is 4.43 Å². The predicted octanol–water partition coefficient (Wildman–Crippen LogP) is 4.00. The molecule has 0 aromatic rings. The van der Waals surface area contributed by atoms with Gasteiger partial charge in [-0.15, -0.1) is 0 Å². The molecule has 0 saturated carbocycles. The van der Waals surface area contributed by atoms with Crippen LogP contribution in [0.4, 0.5) is 13.2 Å². The fourth-order valence-corrected chi connectivity index (χ4v) is 1.83. The van der Waals surface area contributed by atoms with Crippen molar-refractivity contribution < 1.29 is 17.6 Å². The molecule has 0 aromatic heterocycles. The molecule has 0 saturated heterocycles. The quantitative estimate of drug-likeness (QED) is 0.662.